The van der Waals surface area contributed by atoms with Crippen LogP contribution in [-0.2, 0) is 4.79 Å². The number of ketones is 1. The van der Waals surface area contributed by atoms with E-state index in [2.05, 4.69) is 12.1 Å². The maximum atomic E-state index is 12.4. The summed E-state index contributed by atoms with van der Waals surface area (Å²) in [6.07, 6.45) is 6.24. The predicted octanol–water partition coefficient (Wildman–Crippen LogP) is 2.04. The number of hydrogen-bond donors (Lipinski definition) is 4. The van der Waals surface area contributed by atoms with Crippen LogP contribution in [0.2, 0.25) is 0 Å². The zero-order valence-electron chi connectivity index (χ0n) is 16.2. The lowest BCUT2D eigenvalue weighted by atomic mass is 9.45. The number of aliphatic hydroxyl groups excluding tert-OH is 2. The summed E-state index contributed by atoms with van der Waals surface area (Å²) in [7, 11) is 0. The second-order valence-corrected chi connectivity index (χ2v) is 9.68. The van der Waals surface area contributed by atoms with Gasteiger partial charge in [0.05, 0.1) is 11.8 Å². The van der Waals surface area contributed by atoms with Gasteiger partial charge >= 0.3 is 0 Å². The Morgan fingerprint density at radius 2 is 2.00 bits per heavy atom. The molecule has 4 aliphatic rings. The van der Waals surface area contributed by atoms with Crippen LogP contribution < -0.4 is 0 Å². The number of allylic oxidation sites excluding steroid dienone is 2. The van der Waals surface area contributed by atoms with E-state index < -0.39 is 29.5 Å². The molecule has 7 atom stereocenters. The highest BCUT2D eigenvalue weighted by atomic mass is 16.4. The zero-order chi connectivity index (χ0) is 19.6. The third kappa shape index (κ3) is 2.36. The molecule has 0 saturated heterocycles. The molecule has 0 unspecified atom stereocenters. The average molecular weight is 377 g/mol. The number of fused-ring (bicyclic) bond motifs is 5. The molecule has 0 spiro atoms. The highest BCUT2D eigenvalue weighted by Crippen LogP contribution is 2.67. The minimum Gasteiger partial charge on any atom is -0.411 e. The molecule has 0 amide bonds. The summed E-state index contributed by atoms with van der Waals surface area (Å²) in [4.78, 5) is 12.4. The summed E-state index contributed by atoms with van der Waals surface area (Å²) in [5.41, 5.74) is -0.416. The number of nitrogens with zero attached hydrogens (tertiary/aromatic N) is 1. The van der Waals surface area contributed by atoms with E-state index in [0.717, 1.165) is 25.7 Å². The van der Waals surface area contributed by atoms with Gasteiger partial charge in [-0.15, -0.1) is 0 Å². The van der Waals surface area contributed by atoms with Crippen molar-refractivity contribution in [2.45, 2.75) is 70.5 Å². The van der Waals surface area contributed by atoms with E-state index in [9.17, 15) is 20.1 Å². The van der Waals surface area contributed by atoms with Gasteiger partial charge in [-0.1, -0.05) is 24.6 Å². The molecule has 0 aromatic rings. The zero-order valence-corrected chi connectivity index (χ0v) is 16.2. The van der Waals surface area contributed by atoms with E-state index in [1.807, 2.05) is 13.0 Å². The molecule has 3 saturated carbocycles. The maximum absolute atomic E-state index is 12.4. The molecule has 4 rings (SSSR count). The summed E-state index contributed by atoms with van der Waals surface area (Å²) in [6.45, 7) is 3.50. The Kier molecular flexibility index (Phi) is 4.33. The summed E-state index contributed by atoms with van der Waals surface area (Å²) >= 11 is 0. The van der Waals surface area contributed by atoms with Gasteiger partial charge in [0.25, 0.3) is 0 Å². The Bertz CT molecular complexity index is 717. The Morgan fingerprint density at radius 1 is 1.26 bits per heavy atom. The Labute approximate surface area is 160 Å². The fourth-order valence-corrected chi connectivity index (χ4v) is 7.37. The van der Waals surface area contributed by atoms with Crippen LogP contribution >= 0.6 is 0 Å². The second kappa shape index (κ2) is 6.13. The van der Waals surface area contributed by atoms with Gasteiger partial charge in [-0.25, -0.2) is 0 Å². The van der Waals surface area contributed by atoms with E-state index in [4.69, 9.17) is 5.21 Å². The van der Waals surface area contributed by atoms with Gasteiger partial charge in [-0.2, -0.15) is 0 Å². The predicted molar refractivity (Wildman–Crippen MR) is 99.4 cm³/mol. The summed E-state index contributed by atoms with van der Waals surface area (Å²) in [6, 6.07) is 0. The van der Waals surface area contributed by atoms with E-state index in [1.54, 1.807) is 0 Å². The molecule has 150 valence electrons. The fourth-order valence-electron chi connectivity index (χ4n) is 7.37. The third-order valence-electron chi connectivity index (χ3n) is 8.80. The van der Waals surface area contributed by atoms with Gasteiger partial charge in [-0.05, 0) is 74.2 Å². The minimum atomic E-state index is -1.54. The van der Waals surface area contributed by atoms with Crippen LogP contribution in [0.3, 0.4) is 0 Å². The molecule has 3 fully saturated rings. The molecular weight excluding hydrogens is 346 g/mol. The smallest absolute Gasteiger partial charge is 0.190 e. The lowest BCUT2D eigenvalue weighted by Crippen LogP contribution is -2.62. The SMILES string of the molecule is C[C@]12CC/C(=N\O)C=C1CC[C@@H]1[C@@H]2[C@@H](O)C[C@@]2(C)[C@H]1CC[C@]2(O)C(=O)CO. The molecule has 6 nitrogen and oxygen atoms in total. The van der Waals surface area contributed by atoms with E-state index in [-0.39, 0.29) is 23.2 Å². The van der Waals surface area contributed by atoms with Crippen LogP contribution in [0.1, 0.15) is 58.8 Å². The topological polar surface area (TPSA) is 110 Å². The van der Waals surface area contributed by atoms with Crippen molar-refractivity contribution in [2.75, 3.05) is 6.61 Å². The van der Waals surface area contributed by atoms with Crippen LogP contribution in [-0.4, -0.2) is 50.3 Å². The van der Waals surface area contributed by atoms with Crippen LogP contribution in [0, 0.1) is 28.6 Å². The van der Waals surface area contributed by atoms with Crippen molar-refractivity contribution in [3.63, 3.8) is 0 Å². The molecule has 27 heavy (non-hydrogen) atoms. The van der Waals surface area contributed by atoms with Crippen LogP contribution in [0.5, 0.6) is 0 Å². The molecule has 4 aliphatic carbocycles. The second-order valence-electron chi connectivity index (χ2n) is 9.68. The van der Waals surface area contributed by atoms with Gasteiger partial charge in [0.2, 0.25) is 0 Å². The normalized spacial score (nSPS) is 50.6. The lowest BCUT2D eigenvalue weighted by Gasteiger charge is -2.60. The molecule has 0 aromatic carbocycles. The van der Waals surface area contributed by atoms with Gasteiger partial charge in [0.1, 0.15) is 12.2 Å². The largest absolute Gasteiger partial charge is 0.411 e. The number of oxime groups is 1. The number of hydrogen-bond acceptors (Lipinski definition) is 6. The highest BCUT2D eigenvalue weighted by molar-refractivity contribution is 5.96. The van der Waals surface area contributed by atoms with Gasteiger partial charge in [0.15, 0.2) is 5.78 Å². The number of Topliss-reactive ketones (excluding diaryl/α,β-unsaturated/α-hetero) is 1. The molecule has 0 radical (unpaired) electrons. The van der Waals surface area contributed by atoms with E-state index in [0.29, 0.717) is 25.0 Å². The minimum absolute atomic E-state index is 0.0856. The summed E-state index contributed by atoms with van der Waals surface area (Å²) < 4.78 is 0. The fraction of sp³-hybridized carbons (Fsp3) is 0.810. The average Bonchev–Trinajstić information content (AvgIpc) is 2.91. The quantitative estimate of drug-likeness (QED) is 0.435. The van der Waals surface area contributed by atoms with E-state index in [1.165, 1.54) is 5.57 Å². The first kappa shape index (κ1) is 19.1. The first-order valence-corrected chi connectivity index (χ1v) is 10.2. The number of carbonyl (C=O) groups is 1. The molecule has 0 aliphatic heterocycles. The van der Waals surface area contributed by atoms with Crippen LogP contribution in [0.4, 0.5) is 0 Å². The summed E-state index contributed by atoms with van der Waals surface area (Å²) in [5, 5.41) is 44.4. The number of aliphatic hydroxyl groups is 3. The first-order chi connectivity index (χ1) is 12.7. The molecular formula is C21H31NO5. The molecule has 0 heterocycles. The van der Waals surface area contributed by atoms with Crippen LogP contribution in [0.15, 0.2) is 16.8 Å². The Hall–Kier alpha value is -1.24. The Balaban J connectivity index is 1.72. The van der Waals surface area contributed by atoms with Crippen molar-refractivity contribution in [3.05, 3.63) is 11.6 Å². The first-order valence-electron chi connectivity index (χ1n) is 10.2. The number of rotatable bonds is 2. The summed E-state index contributed by atoms with van der Waals surface area (Å²) in [5.74, 6) is -0.0173. The van der Waals surface area contributed by atoms with Crippen molar-refractivity contribution < 1.29 is 25.3 Å². The molecule has 0 aromatic heterocycles. The molecule has 0 bridgehead atoms. The van der Waals surface area contributed by atoms with Crippen molar-refractivity contribution in [3.8, 4) is 0 Å². The van der Waals surface area contributed by atoms with E-state index >= 15 is 0 Å². The molecule has 6 heteroatoms. The Morgan fingerprint density at radius 3 is 2.67 bits per heavy atom. The number of carbonyl (C=O) groups excluding carboxylic acids is 1. The van der Waals surface area contributed by atoms with Crippen molar-refractivity contribution in [2.24, 2.45) is 33.7 Å². The van der Waals surface area contributed by atoms with Gasteiger partial charge in [-0.3, -0.25) is 4.79 Å². The van der Waals surface area contributed by atoms with Crippen molar-refractivity contribution in [1.82, 2.24) is 0 Å². The van der Waals surface area contributed by atoms with Gasteiger partial charge < -0.3 is 20.5 Å². The third-order valence-corrected chi connectivity index (χ3v) is 8.80. The monoisotopic (exact) mass is 377 g/mol. The van der Waals surface area contributed by atoms with Gasteiger partial charge in [0, 0.05) is 5.41 Å². The van der Waals surface area contributed by atoms with Crippen molar-refractivity contribution in [1.29, 1.82) is 0 Å². The highest BCUT2D eigenvalue weighted by Gasteiger charge is 2.68. The maximum Gasteiger partial charge on any atom is 0.190 e. The molecule has 4 N–H and O–H groups in total. The standard InChI is InChI=1S/C21H31NO5/c1-19-7-5-13(22-27)9-12(19)3-4-14-15-6-8-21(26,17(25)11-23)20(15,2)10-16(24)18(14)19/h9,14-16,18,23-24,26-27H,3-8,10-11H2,1-2H3/b22-13+/t14-,15-,16-,18+,19-,20-,21-/m0/s1. The van der Waals surface area contributed by atoms with Crippen LogP contribution in [0.25, 0.3) is 0 Å². The lowest BCUT2D eigenvalue weighted by molar-refractivity contribution is -0.181. The van der Waals surface area contributed by atoms with Crippen molar-refractivity contribution >= 4 is 11.5 Å².